The van der Waals surface area contributed by atoms with Gasteiger partial charge in [0.1, 0.15) is 0 Å². The maximum Gasteiger partial charge on any atom is 0.255 e. The van der Waals surface area contributed by atoms with Gasteiger partial charge in [0.2, 0.25) is 0 Å². The van der Waals surface area contributed by atoms with Crippen LogP contribution in [-0.4, -0.2) is 29.8 Å². The van der Waals surface area contributed by atoms with E-state index in [1.54, 1.807) is 24.3 Å². The molecule has 25 heavy (non-hydrogen) atoms. The zero-order valence-corrected chi connectivity index (χ0v) is 14.8. The second-order valence-electron chi connectivity index (χ2n) is 6.90. The fraction of sp³-hybridized carbons (Fsp3) is 0.333. The summed E-state index contributed by atoms with van der Waals surface area (Å²) in [6.45, 7) is 5.76. The molecule has 1 N–H and O–H groups in total. The first kappa shape index (κ1) is 17.2. The van der Waals surface area contributed by atoms with E-state index in [-0.39, 0.29) is 11.8 Å². The second-order valence-corrected chi connectivity index (χ2v) is 6.90. The predicted octanol–water partition coefficient (Wildman–Crippen LogP) is 4.12. The lowest BCUT2D eigenvalue weighted by atomic mass is 9.99. The fourth-order valence-electron chi connectivity index (χ4n) is 3.19. The maximum atomic E-state index is 12.7. The average Bonchev–Trinajstić information content (AvgIpc) is 2.63. The van der Waals surface area contributed by atoms with Crippen LogP contribution in [0.2, 0.25) is 0 Å². The van der Waals surface area contributed by atoms with Crippen LogP contribution in [0, 0.1) is 12.8 Å². The van der Waals surface area contributed by atoms with Gasteiger partial charge in [0.15, 0.2) is 0 Å². The normalized spacial score (nSPS) is 17.2. The summed E-state index contributed by atoms with van der Waals surface area (Å²) >= 11 is 0. The largest absolute Gasteiger partial charge is 0.338 e. The molecule has 1 aliphatic heterocycles. The number of carbonyl (C=O) groups is 2. The van der Waals surface area contributed by atoms with Gasteiger partial charge in [-0.3, -0.25) is 9.59 Å². The molecule has 2 aromatic rings. The summed E-state index contributed by atoms with van der Waals surface area (Å²) in [4.78, 5) is 27.1. The van der Waals surface area contributed by atoms with E-state index < -0.39 is 0 Å². The van der Waals surface area contributed by atoms with Crippen molar-refractivity contribution in [2.24, 2.45) is 5.92 Å². The third-order valence-corrected chi connectivity index (χ3v) is 4.63. The topological polar surface area (TPSA) is 49.4 Å². The van der Waals surface area contributed by atoms with Crippen molar-refractivity contribution in [1.82, 2.24) is 4.90 Å². The quantitative estimate of drug-likeness (QED) is 0.916. The highest BCUT2D eigenvalue weighted by Crippen LogP contribution is 2.19. The zero-order valence-electron chi connectivity index (χ0n) is 14.8. The Balaban J connectivity index is 1.73. The highest BCUT2D eigenvalue weighted by molar-refractivity contribution is 6.06. The van der Waals surface area contributed by atoms with Crippen molar-refractivity contribution in [3.8, 4) is 0 Å². The summed E-state index contributed by atoms with van der Waals surface area (Å²) in [6, 6.07) is 14.6. The Labute approximate surface area is 148 Å². The van der Waals surface area contributed by atoms with Crippen LogP contribution in [0.25, 0.3) is 0 Å². The van der Waals surface area contributed by atoms with E-state index in [4.69, 9.17) is 0 Å². The molecule has 2 amide bonds. The number of benzene rings is 2. The van der Waals surface area contributed by atoms with Crippen LogP contribution in [0.3, 0.4) is 0 Å². The molecule has 0 aromatic heterocycles. The van der Waals surface area contributed by atoms with E-state index in [0.717, 1.165) is 30.8 Å². The van der Waals surface area contributed by atoms with Gasteiger partial charge in [-0.05, 0) is 56.0 Å². The minimum atomic E-state index is -0.203. The Bertz CT molecular complexity index is 768. The molecule has 4 heteroatoms. The number of aryl methyl sites for hydroxylation is 1. The number of anilines is 1. The number of nitrogens with one attached hydrogen (secondary N) is 1. The zero-order chi connectivity index (χ0) is 17.8. The molecular weight excluding hydrogens is 312 g/mol. The standard InChI is InChI=1S/C21H24N2O2/c1-15-8-10-19(11-9-15)22-20(24)17-6-3-7-18(13-17)21(25)23-12-4-5-16(2)14-23/h3,6-11,13,16H,4-5,12,14H2,1-2H3,(H,22,24). The summed E-state index contributed by atoms with van der Waals surface area (Å²) in [7, 11) is 0. The van der Waals surface area contributed by atoms with Gasteiger partial charge in [-0.2, -0.15) is 0 Å². The van der Waals surface area contributed by atoms with E-state index in [1.165, 1.54) is 6.42 Å². The lowest BCUT2D eigenvalue weighted by molar-refractivity contribution is 0.0683. The monoisotopic (exact) mass is 336 g/mol. The number of piperidine rings is 1. The minimum Gasteiger partial charge on any atom is -0.338 e. The highest BCUT2D eigenvalue weighted by atomic mass is 16.2. The van der Waals surface area contributed by atoms with Gasteiger partial charge in [0.05, 0.1) is 0 Å². The van der Waals surface area contributed by atoms with Crippen LogP contribution in [0.15, 0.2) is 48.5 Å². The van der Waals surface area contributed by atoms with E-state index in [2.05, 4.69) is 12.2 Å². The van der Waals surface area contributed by atoms with Crippen LogP contribution >= 0.6 is 0 Å². The summed E-state index contributed by atoms with van der Waals surface area (Å²) in [5.41, 5.74) is 2.96. The molecule has 3 rings (SSSR count). The van der Waals surface area contributed by atoms with Crippen LogP contribution in [0.4, 0.5) is 5.69 Å². The lowest BCUT2D eigenvalue weighted by Crippen LogP contribution is -2.39. The van der Waals surface area contributed by atoms with Gasteiger partial charge in [-0.1, -0.05) is 30.7 Å². The smallest absolute Gasteiger partial charge is 0.255 e. The van der Waals surface area contributed by atoms with Crippen LogP contribution in [0.1, 0.15) is 46.0 Å². The van der Waals surface area contributed by atoms with E-state index in [9.17, 15) is 9.59 Å². The minimum absolute atomic E-state index is 0.0107. The van der Waals surface area contributed by atoms with E-state index in [1.807, 2.05) is 36.1 Å². The SMILES string of the molecule is Cc1ccc(NC(=O)c2cccc(C(=O)N3CCCC(C)C3)c2)cc1. The van der Waals surface area contributed by atoms with Gasteiger partial charge in [-0.15, -0.1) is 0 Å². The van der Waals surface area contributed by atoms with Gasteiger partial charge in [0.25, 0.3) is 11.8 Å². The molecule has 1 heterocycles. The molecule has 0 saturated carbocycles. The van der Waals surface area contributed by atoms with Gasteiger partial charge in [-0.25, -0.2) is 0 Å². The molecule has 130 valence electrons. The van der Waals surface area contributed by atoms with Crippen molar-refractivity contribution in [2.75, 3.05) is 18.4 Å². The summed E-state index contributed by atoms with van der Waals surface area (Å²) in [6.07, 6.45) is 2.21. The Kier molecular flexibility index (Phi) is 5.17. The Morgan fingerprint density at radius 3 is 2.52 bits per heavy atom. The molecule has 4 nitrogen and oxygen atoms in total. The molecule has 0 aliphatic carbocycles. The van der Waals surface area contributed by atoms with E-state index >= 15 is 0 Å². The van der Waals surface area contributed by atoms with Gasteiger partial charge >= 0.3 is 0 Å². The van der Waals surface area contributed by atoms with Crippen LogP contribution in [0.5, 0.6) is 0 Å². The molecule has 1 atom stereocenters. The number of hydrogen-bond acceptors (Lipinski definition) is 2. The maximum absolute atomic E-state index is 12.7. The van der Waals surface area contributed by atoms with E-state index in [0.29, 0.717) is 17.0 Å². The van der Waals surface area contributed by atoms with Crippen molar-refractivity contribution in [3.63, 3.8) is 0 Å². The molecule has 0 bridgehead atoms. The molecule has 0 radical (unpaired) electrons. The number of rotatable bonds is 3. The van der Waals surface area contributed by atoms with Crippen molar-refractivity contribution < 1.29 is 9.59 Å². The average molecular weight is 336 g/mol. The third-order valence-electron chi connectivity index (χ3n) is 4.63. The molecule has 1 aliphatic rings. The van der Waals surface area contributed by atoms with Crippen LogP contribution < -0.4 is 5.32 Å². The molecule has 0 spiro atoms. The number of likely N-dealkylation sites (tertiary alicyclic amines) is 1. The first-order chi connectivity index (χ1) is 12.0. The van der Waals surface area contributed by atoms with Gasteiger partial charge in [0, 0.05) is 29.9 Å². The lowest BCUT2D eigenvalue weighted by Gasteiger charge is -2.31. The summed E-state index contributed by atoms with van der Waals surface area (Å²) < 4.78 is 0. The number of hydrogen-bond donors (Lipinski definition) is 1. The summed E-state index contributed by atoms with van der Waals surface area (Å²) in [5, 5.41) is 2.87. The fourth-order valence-corrected chi connectivity index (χ4v) is 3.19. The Hall–Kier alpha value is -2.62. The first-order valence-electron chi connectivity index (χ1n) is 8.80. The third kappa shape index (κ3) is 4.27. The van der Waals surface area contributed by atoms with Crippen molar-refractivity contribution in [2.45, 2.75) is 26.7 Å². The second kappa shape index (κ2) is 7.51. The number of amides is 2. The Morgan fingerprint density at radius 1 is 1.08 bits per heavy atom. The predicted molar refractivity (Wildman–Crippen MR) is 99.9 cm³/mol. The Morgan fingerprint density at radius 2 is 1.80 bits per heavy atom. The molecule has 1 unspecified atom stereocenters. The van der Waals surface area contributed by atoms with Crippen molar-refractivity contribution >= 4 is 17.5 Å². The first-order valence-corrected chi connectivity index (χ1v) is 8.80. The number of carbonyl (C=O) groups excluding carboxylic acids is 2. The molecule has 1 fully saturated rings. The summed E-state index contributed by atoms with van der Waals surface area (Å²) in [5.74, 6) is 0.341. The van der Waals surface area contributed by atoms with Gasteiger partial charge < -0.3 is 10.2 Å². The van der Waals surface area contributed by atoms with Crippen molar-refractivity contribution in [3.05, 3.63) is 65.2 Å². The molecular formula is C21H24N2O2. The highest BCUT2D eigenvalue weighted by Gasteiger charge is 2.22. The number of nitrogens with zero attached hydrogens (tertiary/aromatic N) is 1. The molecule has 2 aromatic carbocycles. The molecule has 1 saturated heterocycles. The van der Waals surface area contributed by atoms with Crippen molar-refractivity contribution in [1.29, 1.82) is 0 Å². The van der Waals surface area contributed by atoms with Crippen LogP contribution in [-0.2, 0) is 0 Å².